The third-order valence-corrected chi connectivity index (χ3v) is 2.48. The van der Waals surface area contributed by atoms with E-state index in [2.05, 4.69) is 0 Å². The van der Waals surface area contributed by atoms with Crippen molar-refractivity contribution in [2.45, 2.75) is 26.1 Å². The number of hydrogen-bond acceptors (Lipinski definition) is 3. The third-order valence-electron chi connectivity index (χ3n) is 2.48. The van der Waals surface area contributed by atoms with Crippen LogP contribution in [0.5, 0.6) is 0 Å². The maximum absolute atomic E-state index is 12.8. The van der Waals surface area contributed by atoms with E-state index < -0.39 is 12.2 Å². The lowest BCUT2D eigenvalue weighted by molar-refractivity contribution is -0.182. The topological polar surface area (TPSA) is 32.5 Å². The Balaban J connectivity index is 4.62. The van der Waals surface area contributed by atoms with Gasteiger partial charge in [0.15, 0.2) is 0 Å². The first-order valence-corrected chi connectivity index (χ1v) is 5.84. The Morgan fingerprint density at radius 3 is 1.94 bits per heavy atom. The quantitative estimate of drug-likeness (QED) is 0.746. The van der Waals surface area contributed by atoms with Crippen molar-refractivity contribution in [3.05, 3.63) is 0 Å². The molecule has 1 atom stereocenters. The summed E-state index contributed by atoms with van der Waals surface area (Å²) in [6, 6.07) is -1.54. The van der Waals surface area contributed by atoms with Crippen molar-refractivity contribution in [3.63, 3.8) is 0 Å². The lowest BCUT2D eigenvalue weighted by Gasteiger charge is -2.34. The van der Waals surface area contributed by atoms with E-state index >= 15 is 0 Å². The van der Waals surface area contributed by atoms with Crippen LogP contribution in [-0.4, -0.2) is 62.3 Å². The number of nitrogens with two attached hydrogens (primary N) is 1. The van der Waals surface area contributed by atoms with E-state index in [-0.39, 0.29) is 12.5 Å². The van der Waals surface area contributed by atoms with E-state index in [0.717, 1.165) is 0 Å². The summed E-state index contributed by atoms with van der Waals surface area (Å²) < 4.78 is 38.4. The molecule has 0 spiro atoms. The van der Waals surface area contributed by atoms with Crippen molar-refractivity contribution < 1.29 is 13.2 Å². The first-order chi connectivity index (χ1) is 7.68. The molecule has 0 aliphatic rings. The van der Waals surface area contributed by atoms with Crippen LogP contribution in [0.2, 0.25) is 0 Å². The molecule has 1 unspecified atom stereocenters. The van der Waals surface area contributed by atoms with Gasteiger partial charge < -0.3 is 10.6 Å². The maximum atomic E-state index is 12.8. The van der Waals surface area contributed by atoms with E-state index in [4.69, 9.17) is 5.73 Å². The molecule has 2 N–H and O–H groups in total. The Bertz CT molecular complexity index is 205. The lowest BCUT2D eigenvalue weighted by atomic mass is 10.1. The number of hydrogen-bond donors (Lipinski definition) is 1. The zero-order valence-electron chi connectivity index (χ0n) is 11.1. The molecule has 0 aromatic heterocycles. The minimum Gasteiger partial charge on any atom is -0.329 e. The molecule has 0 aromatic rings. The fourth-order valence-electron chi connectivity index (χ4n) is 1.66. The van der Waals surface area contributed by atoms with Crippen LogP contribution in [0.25, 0.3) is 0 Å². The molecule has 0 bridgehead atoms. The monoisotopic (exact) mass is 255 g/mol. The molecule has 0 rings (SSSR count). The number of likely N-dealkylation sites (N-methyl/N-ethyl adjacent to an activating group) is 1. The molecule has 0 fully saturated rings. The molecule has 3 nitrogen and oxygen atoms in total. The van der Waals surface area contributed by atoms with Crippen LogP contribution in [0, 0.1) is 5.92 Å². The predicted molar refractivity (Wildman–Crippen MR) is 63.9 cm³/mol. The van der Waals surface area contributed by atoms with E-state index in [0.29, 0.717) is 19.6 Å². The summed E-state index contributed by atoms with van der Waals surface area (Å²) in [4.78, 5) is 3.31. The summed E-state index contributed by atoms with van der Waals surface area (Å²) >= 11 is 0. The first-order valence-electron chi connectivity index (χ1n) is 5.84. The minimum atomic E-state index is -4.25. The molecule has 0 saturated carbocycles. The third kappa shape index (κ3) is 6.85. The van der Waals surface area contributed by atoms with Gasteiger partial charge in [0.05, 0.1) is 0 Å². The van der Waals surface area contributed by atoms with Crippen LogP contribution in [0.1, 0.15) is 13.8 Å². The summed E-state index contributed by atoms with van der Waals surface area (Å²) in [5.74, 6) is 0.188. The molecule has 0 heterocycles. The number of halogens is 3. The van der Waals surface area contributed by atoms with Gasteiger partial charge in [-0.15, -0.1) is 0 Å². The highest BCUT2D eigenvalue weighted by atomic mass is 19.4. The molecule has 0 radical (unpaired) electrons. The Morgan fingerprint density at radius 1 is 1.12 bits per heavy atom. The van der Waals surface area contributed by atoms with Crippen molar-refractivity contribution in [2.75, 3.05) is 40.3 Å². The average Bonchev–Trinajstić information content (AvgIpc) is 2.11. The molecule has 104 valence electrons. The van der Waals surface area contributed by atoms with Gasteiger partial charge in [0.25, 0.3) is 0 Å². The molecular formula is C11H24F3N3. The van der Waals surface area contributed by atoms with E-state index in [1.165, 1.54) is 4.90 Å². The SMILES string of the molecule is CC(C)CN(CCN(C)C)C(CN)C(F)(F)F. The predicted octanol–water partition coefficient (Wildman–Crippen LogP) is 1.40. The van der Waals surface area contributed by atoms with Gasteiger partial charge >= 0.3 is 6.18 Å². The van der Waals surface area contributed by atoms with E-state index in [1.807, 2.05) is 32.8 Å². The Hall–Kier alpha value is -0.330. The fraction of sp³-hybridized carbons (Fsp3) is 1.00. The van der Waals surface area contributed by atoms with Crippen molar-refractivity contribution in [1.29, 1.82) is 0 Å². The summed E-state index contributed by atoms with van der Waals surface area (Å²) in [5, 5.41) is 0. The Morgan fingerprint density at radius 2 is 1.65 bits per heavy atom. The van der Waals surface area contributed by atoms with Crippen LogP contribution in [0.4, 0.5) is 13.2 Å². The second-order valence-corrected chi connectivity index (χ2v) is 4.99. The van der Waals surface area contributed by atoms with Gasteiger partial charge in [-0.05, 0) is 20.0 Å². The second kappa shape index (κ2) is 7.18. The van der Waals surface area contributed by atoms with Crippen LogP contribution >= 0.6 is 0 Å². The van der Waals surface area contributed by atoms with Crippen molar-refractivity contribution in [3.8, 4) is 0 Å². The lowest BCUT2D eigenvalue weighted by Crippen LogP contribution is -2.53. The first kappa shape index (κ1) is 16.7. The van der Waals surface area contributed by atoms with Crippen LogP contribution < -0.4 is 5.73 Å². The number of nitrogens with zero attached hydrogens (tertiary/aromatic N) is 2. The summed E-state index contributed by atoms with van der Waals surface area (Å²) in [6.45, 7) is 4.82. The summed E-state index contributed by atoms with van der Waals surface area (Å²) in [6.07, 6.45) is -4.25. The molecule has 0 aromatic carbocycles. The molecule has 0 saturated heterocycles. The highest BCUT2D eigenvalue weighted by Crippen LogP contribution is 2.24. The van der Waals surface area contributed by atoms with Gasteiger partial charge in [0.1, 0.15) is 6.04 Å². The fourth-order valence-corrected chi connectivity index (χ4v) is 1.66. The number of alkyl halides is 3. The van der Waals surface area contributed by atoms with Gasteiger partial charge in [-0.1, -0.05) is 13.8 Å². The van der Waals surface area contributed by atoms with Gasteiger partial charge in [-0.25, -0.2) is 0 Å². The van der Waals surface area contributed by atoms with Crippen molar-refractivity contribution in [1.82, 2.24) is 9.80 Å². The number of rotatable bonds is 7. The zero-order chi connectivity index (χ0) is 13.6. The minimum absolute atomic E-state index is 0.188. The van der Waals surface area contributed by atoms with Crippen LogP contribution in [0.3, 0.4) is 0 Å². The molecule has 17 heavy (non-hydrogen) atoms. The Labute approximate surface area is 102 Å². The molecular weight excluding hydrogens is 231 g/mol. The van der Waals surface area contributed by atoms with Gasteiger partial charge in [-0.2, -0.15) is 13.2 Å². The molecule has 0 aliphatic carbocycles. The van der Waals surface area contributed by atoms with Crippen molar-refractivity contribution in [2.24, 2.45) is 11.7 Å². The zero-order valence-corrected chi connectivity index (χ0v) is 11.1. The van der Waals surface area contributed by atoms with Gasteiger partial charge in [0, 0.05) is 26.2 Å². The molecule has 6 heteroatoms. The average molecular weight is 255 g/mol. The Kier molecular flexibility index (Phi) is 7.04. The summed E-state index contributed by atoms with van der Waals surface area (Å²) in [5.41, 5.74) is 5.27. The summed E-state index contributed by atoms with van der Waals surface area (Å²) in [7, 11) is 3.69. The molecule has 0 amide bonds. The standard InChI is InChI=1S/C11H24F3N3/c1-9(2)8-17(6-5-16(3)4)10(7-15)11(12,13)14/h9-10H,5-8,15H2,1-4H3. The van der Waals surface area contributed by atoms with Crippen LogP contribution in [0.15, 0.2) is 0 Å². The second-order valence-electron chi connectivity index (χ2n) is 4.99. The van der Waals surface area contributed by atoms with E-state index in [9.17, 15) is 13.2 Å². The van der Waals surface area contributed by atoms with E-state index in [1.54, 1.807) is 0 Å². The normalized spacial score (nSPS) is 15.0. The largest absolute Gasteiger partial charge is 0.405 e. The van der Waals surface area contributed by atoms with Crippen molar-refractivity contribution >= 4 is 0 Å². The molecule has 0 aliphatic heterocycles. The highest BCUT2D eigenvalue weighted by molar-refractivity contribution is 4.80. The maximum Gasteiger partial charge on any atom is 0.405 e. The van der Waals surface area contributed by atoms with Crippen LogP contribution in [-0.2, 0) is 0 Å². The van der Waals surface area contributed by atoms with Gasteiger partial charge in [0.2, 0.25) is 0 Å². The van der Waals surface area contributed by atoms with Gasteiger partial charge in [-0.3, -0.25) is 4.90 Å². The smallest absolute Gasteiger partial charge is 0.329 e. The highest BCUT2D eigenvalue weighted by Gasteiger charge is 2.42.